The fourth-order valence-corrected chi connectivity index (χ4v) is 2.42. The van der Waals surface area contributed by atoms with Crippen LogP contribution in [0, 0.1) is 5.41 Å². The Morgan fingerprint density at radius 3 is 2.82 bits per heavy atom. The number of nitrogens with zero attached hydrogens (tertiary/aromatic N) is 2. The first kappa shape index (κ1) is 12.2. The molecule has 1 saturated carbocycles. The maximum atomic E-state index is 12.3. The Labute approximate surface area is 100 Å². The first-order valence-electron chi connectivity index (χ1n) is 5.94. The second-order valence-corrected chi connectivity index (χ2v) is 4.82. The molecule has 1 heterocycles. The van der Waals surface area contributed by atoms with Crippen LogP contribution >= 0.6 is 0 Å². The number of likely N-dealkylation sites (tertiary alicyclic amines) is 1. The number of amides is 1. The Hall–Kier alpha value is -1.30. The lowest BCUT2D eigenvalue weighted by Gasteiger charge is -2.34. The SMILES string of the molecule is COC1CCCN(C(=O)C2(C(N)=NO)CC2)C1. The zero-order valence-electron chi connectivity index (χ0n) is 10.1. The van der Waals surface area contributed by atoms with Crippen molar-refractivity contribution in [2.45, 2.75) is 31.8 Å². The van der Waals surface area contributed by atoms with E-state index < -0.39 is 5.41 Å². The number of piperidine rings is 1. The normalized spacial score (nSPS) is 27.9. The topological polar surface area (TPSA) is 88.2 Å². The van der Waals surface area contributed by atoms with Gasteiger partial charge >= 0.3 is 0 Å². The number of oxime groups is 1. The molecule has 3 N–H and O–H groups in total. The van der Waals surface area contributed by atoms with E-state index in [1.807, 2.05) is 0 Å². The van der Waals surface area contributed by atoms with E-state index in [1.54, 1.807) is 12.0 Å². The molecule has 2 aliphatic rings. The second-order valence-electron chi connectivity index (χ2n) is 4.82. The number of hydrogen-bond donors (Lipinski definition) is 2. The molecule has 0 aromatic rings. The van der Waals surface area contributed by atoms with E-state index in [1.165, 1.54) is 0 Å². The van der Waals surface area contributed by atoms with Crippen molar-refractivity contribution in [3.63, 3.8) is 0 Å². The molecule has 0 aromatic carbocycles. The van der Waals surface area contributed by atoms with Gasteiger partial charge in [0.25, 0.3) is 0 Å². The van der Waals surface area contributed by atoms with Crippen molar-refractivity contribution < 1.29 is 14.7 Å². The third kappa shape index (κ3) is 2.09. The predicted molar refractivity (Wildman–Crippen MR) is 61.7 cm³/mol. The van der Waals surface area contributed by atoms with Crippen molar-refractivity contribution in [2.24, 2.45) is 16.3 Å². The summed E-state index contributed by atoms with van der Waals surface area (Å²) in [4.78, 5) is 14.1. The summed E-state index contributed by atoms with van der Waals surface area (Å²) in [5.41, 5.74) is 4.88. The second kappa shape index (κ2) is 4.52. The van der Waals surface area contributed by atoms with Gasteiger partial charge in [0, 0.05) is 20.2 Å². The minimum Gasteiger partial charge on any atom is -0.409 e. The summed E-state index contributed by atoms with van der Waals surface area (Å²) in [5.74, 6) is 0.0246. The van der Waals surface area contributed by atoms with E-state index in [9.17, 15) is 4.79 Å². The third-order valence-corrected chi connectivity index (χ3v) is 3.76. The van der Waals surface area contributed by atoms with Gasteiger partial charge in [-0.2, -0.15) is 0 Å². The number of methoxy groups -OCH3 is 1. The minimum atomic E-state index is -0.732. The Kier molecular flexibility index (Phi) is 3.24. The monoisotopic (exact) mass is 241 g/mol. The molecule has 0 spiro atoms. The van der Waals surface area contributed by atoms with Crippen LogP contribution in [0.1, 0.15) is 25.7 Å². The molecule has 1 aliphatic carbocycles. The van der Waals surface area contributed by atoms with E-state index in [0.29, 0.717) is 19.4 Å². The molecule has 0 radical (unpaired) electrons. The average molecular weight is 241 g/mol. The molecule has 2 rings (SSSR count). The highest BCUT2D eigenvalue weighted by Crippen LogP contribution is 2.47. The van der Waals surface area contributed by atoms with Gasteiger partial charge < -0.3 is 20.6 Å². The fraction of sp³-hybridized carbons (Fsp3) is 0.818. The molecular weight excluding hydrogens is 222 g/mol. The van der Waals surface area contributed by atoms with Crippen molar-refractivity contribution in [3.8, 4) is 0 Å². The Bertz CT molecular complexity index is 339. The summed E-state index contributed by atoms with van der Waals surface area (Å²) in [5, 5.41) is 11.7. The van der Waals surface area contributed by atoms with Crippen molar-refractivity contribution >= 4 is 11.7 Å². The number of amidine groups is 1. The van der Waals surface area contributed by atoms with Crippen LogP contribution in [-0.4, -0.2) is 48.2 Å². The highest BCUT2D eigenvalue weighted by molar-refractivity contribution is 6.09. The quantitative estimate of drug-likeness (QED) is 0.318. The smallest absolute Gasteiger partial charge is 0.236 e. The van der Waals surface area contributed by atoms with Gasteiger partial charge in [0.1, 0.15) is 5.41 Å². The lowest BCUT2D eigenvalue weighted by atomic mass is 10.0. The van der Waals surface area contributed by atoms with E-state index in [-0.39, 0.29) is 17.8 Å². The van der Waals surface area contributed by atoms with Crippen LogP contribution in [0.3, 0.4) is 0 Å². The first-order chi connectivity index (χ1) is 8.14. The molecule has 6 nitrogen and oxygen atoms in total. The molecule has 1 aliphatic heterocycles. The van der Waals surface area contributed by atoms with Crippen LogP contribution in [-0.2, 0) is 9.53 Å². The Balaban J connectivity index is 2.05. The number of carbonyl (C=O) groups is 1. The highest BCUT2D eigenvalue weighted by atomic mass is 16.5. The maximum Gasteiger partial charge on any atom is 0.236 e. The van der Waals surface area contributed by atoms with Gasteiger partial charge in [0.15, 0.2) is 5.84 Å². The molecule has 0 aromatic heterocycles. The number of carbonyl (C=O) groups excluding carboxylic acids is 1. The Morgan fingerprint density at radius 2 is 2.29 bits per heavy atom. The van der Waals surface area contributed by atoms with Crippen molar-refractivity contribution in [3.05, 3.63) is 0 Å². The van der Waals surface area contributed by atoms with Crippen LogP contribution in [0.4, 0.5) is 0 Å². The summed E-state index contributed by atoms with van der Waals surface area (Å²) in [7, 11) is 1.66. The zero-order chi connectivity index (χ0) is 12.5. The number of ether oxygens (including phenoxy) is 1. The van der Waals surface area contributed by atoms with Crippen LogP contribution < -0.4 is 5.73 Å². The van der Waals surface area contributed by atoms with Crippen molar-refractivity contribution in [1.82, 2.24) is 4.90 Å². The number of rotatable bonds is 3. The average Bonchev–Trinajstić information content (AvgIpc) is 3.18. The Morgan fingerprint density at radius 1 is 1.59 bits per heavy atom. The standard InChI is InChI=1S/C11H19N3O3/c1-17-8-3-2-6-14(7-8)10(15)11(4-5-11)9(12)13-16/h8,16H,2-7H2,1H3,(H2,12,13). The van der Waals surface area contributed by atoms with E-state index >= 15 is 0 Å². The summed E-state index contributed by atoms with van der Waals surface area (Å²) in [6.45, 7) is 1.34. The molecule has 0 bridgehead atoms. The zero-order valence-corrected chi connectivity index (χ0v) is 10.1. The molecule has 1 atom stereocenters. The molecule has 1 saturated heterocycles. The number of nitrogens with two attached hydrogens (primary N) is 1. The van der Waals surface area contributed by atoms with E-state index in [2.05, 4.69) is 5.16 Å². The van der Waals surface area contributed by atoms with Crippen LogP contribution in [0.2, 0.25) is 0 Å². The summed E-state index contributed by atoms with van der Waals surface area (Å²) < 4.78 is 5.29. The van der Waals surface area contributed by atoms with Crippen LogP contribution in [0.15, 0.2) is 5.16 Å². The van der Waals surface area contributed by atoms with Crippen molar-refractivity contribution in [2.75, 3.05) is 20.2 Å². The van der Waals surface area contributed by atoms with E-state index in [4.69, 9.17) is 15.7 Å². The third-order valence-electron chi connectivity index (χ3n) is 3.76. The van der Waals surface area contributed by atoms with Crippen LogP contribution in [0.5, 0.6) is 0 Å². The lowest BCUT2D eigenvalue weighted by Crippen LogP contribution is -2.49. The van der Waals surface area contributed by atoms with Crippen LogP contribution in [0.25, 0.3) is 0 Å². The minimum absolute atomic E-state index is 0.0189. The summed E-state index contributed by atoms with van der Waals surface area (Å²) >= 11 is 0. The van der Waals surface area contributed by atoms with Gasteiger partial charge in [0.05, 0.1) is 6.10 Å². The fourth-order valence-electron chi connectivity index (χ4n) is 2.42. The van der Waals surface area contributed by atoms with Gasteiger partial charge in [-0.3, -0.25) is 4.79 Å². The summed E-state index contributed by atoms with van der Waals surface area (Å²) in [6, 6.07) is 0. The van der Waals surface area contributed by atoms with E-state index in [0.717, 1.165) is 19.4 Å². The molecule has 2 fully saturated rings. The number of hydrogen-bond acceptors (Lipinski definition) is 4. The molecule has 1 amide bonds. The van der Waals surface area contributed by atoms with Gasteiger partial charge in [-0.1, -0.05) is 5.16 Å². The van der Waals surface area contributed by atoms with Gasteiger partial charge in [-0.25, -0.2) is 0 Å². The molecule has 6 heteroatoms. The van der Waals surface area contributed by atoms with Gasteiger partial charge in [0.2, 0.25) is 5.91 Å². The molecule has 1 unspecified atom stereocenters. The largest absolute Gasteiger partial charge is 0.409 e. The first-order valence-corrected chi connectivity index (χ1v) is 5.94. The predicted octanol–water partition coefficient (Wildman–Crippen LogP) is 0.150. The molecular formula is C11H19N3O3. The van der Waals surface area contributed by atoms with Gasteiger partial charge in [-0.05, 0) is 25.7 Å². The summed E-state index contributed by atoms with van der Waals surface area (Å²) in [6.07, 6.45) is 3.38. The molecule has 17 heavy (non-hydrogen) atoms. The van der Waals surface area contributed by atoms with Crippen molar-refractivity contribution in [1.29, 1.82) is 0 Å². The van der Waals surface area contributed by atoms with Gasteiger partial charge in [-0.15, -0.1) is 0 Å². The lowest BCUT2D eigenvalue weighted by molar-refractivity contribution is -0.138. The highest BCUT2D eigenvalue weighted by Gasteiger charge is 2.56. The maximum absolute atomic E-state index is 12.3. The molecule has 96 valence electrons.